The Labute approximate surface area is 185 Å². The van der Waals surface area contributed by atoms with E-state index in [0.717, 1.165) is 12.0 Å². The van der Waals surface area contributed by atoms with Crippen LogP contribution in [0.4, 0.5) is 11.6 Å². The van der Waals surface area contributed by atoms with Crippen LogP contribution in [0.1, 0.15) is 49.5 Å². The van der Waals surface area contributed by atoms with Crippen molar-refractivity contribution in [2.75, 3.05) is 11.1 Å². The summed E-state index contributed by atoms with van der Waals surface area (Å²) in [6.45, 7) is 5.98. The molecule has 10 heteroatoms. The van der Waals surface area contributed by atoms with Crippen LogP contribution < -0.4 is 16.4 Å². The normalized spacial score (nSPS) is 13.0. The number of nitrogens with one attached hydrogen (secondary N) is 2. The van der Waals surface area contributed by atoms with Crippen LogP contribution in [-0.4, -0.2) is 41.7 Å². The number of hydrogen-bond donors (Lipinski definition) is 3. The van der Waals surface area contributed by atoms with Crippen LogP contribution in [0.5, 0.6) is 0 Å². The van der Waals surface area contributed by atoms with E-state index in [9.17, 15) is 4.79 Å². The number of amides is 1. The van der Waals surface area contributed by atoms with E-state index >= 15 is 0 Å². The molecule has 2 atom stereocenters. The second-order valence-electron chi connectivity index (χ2n) is 7.55. The fraction of sp³-hybridized carbons (Fsp3) is 0.273. The van der Waals surface area contributed by atoms with Gasteiger partial charge in [0.15, 0.2) is 23.0 Å². The highest BCUT2D eigenvalue weighted by molar-refractivity contribution is 5.97. The van der Waals surface area contributed by atoms with Gasteiger partial charge in [-0.1, -0.05) is 37.3 Å². The average Bonchev–Trinajstić information content (AvgIpc) is 3.23. The summed E-state index contributed by atoms with van der Waals surface area (Å²) in [6, 6.07) is 12.9. The molecule has 1 amide bonds. The van der Waals surface area contributed by atoms with E-state index in [0.29, 0.717) is 23.0 Å². The second kappa shape index (κ2) is 8.96. The van der Waals surface area contributed by atoms with E-state index < -0.39 is 11.9 Å². The number of nitrogens with two attached hydrogens (primary N) is 1. The van der Waals surface area contributed by atoms with Crippen molar-refractivity contribution >= 4 is 23.2 Å². The maximum absolute atomic E-state index is 13.0. The topological polar surface area (TPSA) is 136 Å². The summed E-state index contributed by atoms with van der Waals surface area (Å²) >= 11 is 0. The van der Waals surface area contributed by atoms with E-state index in [2.05, 4.69) is 49.7 Å². The number of rotatable bonds is 7. The first-order valence-electron chi connectivity index (χ1n) is 10.4. The lowest BCUT2D eigenvalue weighted by Gasteiger charge is -2.14. The molecule has 0 aliphatic carbocycles. The van der Waals surface area contributed by atoms with Crippen molar-refractivity contribution in [3.8, 4) is 11.3 Å². The highest BCUT2D eigenvalue weighted by atomic mass is 16.2. The van der Waals surface area contributed by atoms with Crippen molar-refractivity contribution in [2.24, 2.45) is 0 Å². The molecule has 0 fully saturated rings. The SMILES string of the molecule is CCC(C)Nc1ccc2nnc([C@@H](C)NC(=O)c3nc(-c4ccccc4)cnc3N)n2n1. The van der Waals surface area contributed by atoms with Crippen molar-refractivity contribution in [2.45, 2.75) is 39.3 Å². The first-order chi connectivity index (χ1) is 15.5. The van der Waals surface area contributed by atoms with Crippen LogP contribution in [0.3, 0.4) is 0 Å². The van der Waals surface area contributed by atoms with Crippen molar-refractivity contribution in [1.82, 2.24) is 35.1 Å². The van der Waals surface area contributed by atoms with Gasteiger partial charge in [0.2, 0.25) is 0 Å². The molecule has 0 spiro atoms. The van der Waals surface area contributed by atoms with Gasteiger partial charge in [-0.05, 0) is 32.4 Å². The highest BCUT2D eigenvalue weighted by Gasteiger charge is 2.21. The number of fused-ring (bicyclic) bond motifs is 1. The second-order valence-corrected chi connectivity index (χ2v) is 7.55. The molecule has 32 heavy (non-hydrogen) atoms. The molecule has 10 nitrogen and oxygen atoms in total. The molecule has 4 N–H and O–H groups in total. The summed E-state index contributed by atoms with van der Waals surface area (Å²) in [7, 11) is 0. The number of benzene rings is 1. The molecule has 0 saturated carbocycles. The lowest BCUT2D eigenvalue weighted by Crippen LogP contribution is -2.30. The molecule has 0 saturated heterocycles. The van der Waals surface area contributed by atoms with E-state index in [1.807, 2.05) is 42.5 Å². The zero-order valence-corrected chi connectivity index (χ0v) is 18.1. The zero-order valence-electron chi connectivity index (χ0n) is 18.1. The molecule has 0 aliphatic rings. The van der Waals surface area contributed by atoms with Gasteiger partial charge in [-0.25, -0.2) is 9.97 Å². The standard InChI is InChI=1S/C22H25N9O/c1-4-13(2)25-17-10-11-18-28-29-21(31(18)30-17)14(3)26-22(32)19-20(23)24-12-16(27-19)15-8-6-5-7-9-15/h5-14H,4H2,1-3H3,(H2,23,24)(H,25,30)(H,26,32)/t13?,14-/m1/s1. The van der Waals surface area contributed by atoms with Crippen LogP contribution in [0, 0.1) is 0 Å². The van der Waals surface area contributed by atoms with Crippen molar-refractivity contribution in [3.63, 3.8) is 0 Å². The van der Waals surface area contributed by atoms with Crippen LogP contribution in [0.15, 0.2) is 48.7 Å². The molecule has 3 aromatic heterocycles. The van der Waals surface area contributed by atoms with E-state index in [4.69, 9.17) is 5.73 Å². The Hall–Kier alpha value is -4.08. The monoisotopic (exact) mass is 431 g/mol. The first-order valence-corrected chi connectivity index (χ1v) is 10.4. The molecular weight excluding hydrogens is 406 g/mol. The summed E-state index contributed by atoms with van der Waals surface area (Å²) in [6.07, 6.45) is 2.51. The number of nitrogens with zero attached hydrogens (tertiary/aromatic N) is 6. The van der Waals surface area contributed by atoms with Gasteiger partial charge < -0.3 is 16.4 Å². The Morgan fingerprint density at radius 2 is 1.91 bits per heavy atom. The Kier molecular flexibility index (Phi) is 5.93. The van der Waals surface area contributed by atoms with Crippen LogP contribution in [0.25, 0.3) is 16.9 Å². The van der Waals surface area contributed by atoms with Gasteiger partial charge in [-0.3, -0.25) is 4.79 Å². The molecule has 3 heterocycles. The number of aromatic nitrogens is 6. The Balaban J connectivity index is 1.58. The fourth-order valence-corrected chi connectivity index (χ4v) is 3.15. The summed E-state index contributed by atoms with van der Waals surface area (Å²) < 4.78 is 1.62. The summed E-state index contributed by atoms with van der Waals surface area (Å²) in [5, 5.41) is 19.1. The maximum atomic E-state index is 13.0. The quantitative estimate of drug-likeness (QED) is 0.406. The Morgan fingerprint density at radius 1 is 1.12 bits per heavy atom. The first kappa shape index (κ1) is 21.2. The van der Waals surface area contributed by atoms with Gasteiger partial charge in [0.05, 0.1) is 17.9 Å². The molecule has 4 rings (SSSR count). The largest absolute Gasteiger partial charge is 0.382 e. The van der Waals surface area contributed by atoms with Gasteiger partial charge in [-0.15, -0.1) is 15.3 Å². The molecular formula is C22H25N9O. The Morgan fingerprint density at radius 3 is 2.66 bits per heavy atom. The molecule has 1 aromatic carbocycles. The van der Waals surface area contributed by atoms with E-state index in [-0.39, 0.29) is 17.6 Å². The lowest BCUT2D eigenvalue weighted by atomic mass is 10.1. The summed E-state index contributed by atoms with van der Waals surface area (Å²) in [4.78, 5) is 21.5. The third-order valence-corrected chi connectivity index (χ3v) is 5.11. The number of anilines is 2. The minimum absolute atomic E-state index is 0.0543. The third kappa shape index (κ3) is 4.34. The smallest absolute Gasteiger partial charge is 0.274 e. The maximum Gasteiger partial charge on any atom is 0.274 e. The van der Waals surface area contributed by atoms with Gasteiger partial charge >= 0.3 is 0 Å². The van der Waals surface area contributed by atoms with Crippen molar-refractivity contribution in [1.29, 1.82) is 0 Å². The van der Waals surface area contributed by atoms with Crippen LogP contribution in [0.2, 0.25) is 0 Å². The van der Waals surface area contributed by atoms with E-state index in [1.54, 1.807) is 17.6 Å². The molecule has 0 bridgehead atoms. The number of carbonyl (C=O) groups is 1. The summed E-state index contributed by atoms with van der Waals surface area (Å²) in [5.41, 5.74) is 7.99. The van der Waals surface area contributed by atoms with Crippen molar-refractivity contribution in [3.05, 3.63) is 60.2 Å². The third-order valence-electron chi connectivity index (χ3n) is 5.11. The number of hydrogen-bond acceptors (Lipinski definition) is 8. The molecule has 0 radical (unpaired) electrons. The fourth-order valence-electron chi connectivity index (χ4n) is 3.15. The number of carbonyl (C=O) groups excluding carboxylic acids is 1. The molecule has 1 unspecified atom stereocenters. The van der Waals surface area contributed by atoms with Gasteiger partial charge in [-0.2, -0.15) is 4.52 Å². The van der Waals surface area contributed by atoms with Gasteiger partial charge in [0, 0.05) is 11.6 Å². The molecule has 164 valence electrons. The Bertz CT molecular complexity index is 1240. The minimum Gasteiger partial charge on any atom is -0.382 e. The van der Waals surface area contributed by atoms with Crippen LogP contribution >= 0.6 is 0 Å². The zero-order chi connectivity index (χ0) is 22.7. The number of nitrogen functional groups attached to an aromatic ring is 1. The van der Waals surface area contributed by atoms with Gasteiger partial charge in [0.1, 0.15) is 5.82 Å². The predicted octanol–water partition coefficient (Wildman–Crippen LogP) is 2.86. The minimum atomic E-state index is -0.495. The van der Waals surface area contributed by atoms with E-state index in [1.165, 1.54) is 0 Å². The molecule has 4 aromatic rings. The lowest BCUT2D eigenvalue weighted by molar-refractivity contribution is 0.0933. The van der Waals surface area contributed by atoms with Gasteiger partial charge in [0.25, 0.3) is 5.91 Å². The van der Waals surface area contributed by atoms with Crippen molar-refractivity contribution < 1.29 is 4.79 Å². The van der Waals surface area contributed by atoms with Crippen LogP contribution in [-0.2, 0) is 0 Å². The average molecular weight is 432 g/mol. The highest BCUT2D eigenvalue weighted by Crippen LogP contribution is 2.19. The molecule has 0 aliphatic heterocycles. The predicted molar refractivity (Wildman–Crippen MR) is 122 cm³/mol. The summed E-state index contributed by atoms with van der Waals surface area (Å²) in [5.74, 6) is 0.800.